The van der Waals surface area contributed by atoms with Gasteiger partial charge in [-0.1, -0.05) is 24.3 Å². The Labute approximate surface area is 239 Å². The lowest BCUT2D eigenvalue weighted by molar-refractivity contribution is 0.0954. The molecule has 9 nitrogen and oxygen atoms in total. The molecule has 2 heterocycles. The third-order valence-electron chi connectivity index (χ3n) is 6.46. The molecule has 0 spiro atoms. The van der Waals surface area contributed by atoms with Crippen LogP contribution in [0.15, 0.2) is 72.8 Å². The molecule has 5 rings (SSSR count). The summed E-state index contributed by atoms with van der Waals surface area (Å²) in [5.41, 5.74) is 5.69. The molecule has 41 heavy (non-hydrogen) atoms. The molecule has 9 heteroatoms. The number of aryl methyl sites for hydroxylation is 2. The number of nitrogens with zero attached hydrogens (tertiary/aromatic N) is 4. The number of benzene rings is 3. The van der Waals surface area contributed by atoms with E-state index in [0.29, 0.717) is 49.1 Å². The van der Waals surface area contributed by atoms with Crippen molar-refractivity contribution >= 4 is 28.4 Å². The van der Waals surface area contributed by atoms with E-state index in [1.807, 2.05) is 88.4 Å². The first-order valence-corrected chi connectivity index (χ1v) is 13.8. The van der Waals surface area contributed by atoms with Crippen LogP contribution >= 0.6 is 0 Å². The fourth-order valence-electron chi connectivity index (χ4n) is 4.61. The fraction of sp³-hybridized carbons (Fsp3) is 0.250. The third kappa shape index (κ3) is 6.46. The van der Waals surface area contributed by atoms with Crippen LogP contribution in [0.4, 0.5) is 11.5 Å². The maximum absolute atomic E-state index is 13.0. The fourth-order valence-corrected chi connectivity index (χ4v) is 4.61. The van der Waals surface area contributed by atoms with Crippen LogP contribution in [0.2, 0.25) is 0 Å². The van der Waals surface area contributed by atoms with Gasteiger partial charge in [0.1, 0.15) is 0 Å². The van der Waals surface area contributed by atoms with Gasteiger partial charge in [0.25, 0.3) is 5.91 Å². The van der Waals surface area contributed by atoms with Crippen molar-refractivity contribution in [3.63, 3.8) is 0 Å². The average molecular weight is 551 g/mol. The van der Waals surface area contributed by atoms with Crippen molar-refractivity contribution in [2.75, 3.05) is 25.1 Å². The van der Waals surface area contributed by atoms with E-state index in [1.54, 1.807) is 16.8 Å². The Hall–Kier alpha value is -4.92. The van der Waals surface area contributed by atoms with Gasteiger partial charge in [-0.2, -0.15) is 5.10 Å². The van der Waals surface area contributed by atoms with Crippen LogP contribution in [0.3, 0.4) is 0 Å². The van der Waals surface area contributed by atoms with Crippen molar-refractivity contribution in [1.29, 1.82) is 0 Å². The zero-order valence-electron chi connectivity index (χ0n) is 23.8. The summed E-state index contributed by atoms with van der Waals surface area (Å²) in [5, 5.41) is 11.0. The van der Waals surface area contributed by atoms with E-state index in [0.717, 1.165) is 39.4 Å². The molecule has 0 fully saturated rings. The first-order valence-electron chi connectivity index (χ1n) is 13.8. The SMILES string of the molecule is CCOc1ccc(CCNC(=O)c2cccc(Nc3nc4ccccc4nc3-n3nc(C)cc3C)c2)cc1OCC. The topological polar surface area (TPSA) is 103 Å². The van der Waals surface area contributed by atoms with Crippen molar-refractivity contribution in [3.05, 3.63) is 95.3 Å². The summed E-state index contributed by atoms with van der Waals surface area (Å²) in [7, 11) is 0. The maximum atomic E-state index is 13.0. The molecule has 0 unspecified atom stereocenters. The number of hydrogen-bond acceptors (Lipinski definition) is 7. The van der Waals surface area contributed by atoms with Gasteiger partial charge in [-0.25, -0.2) is 14.6 Å². The quantitative estimate of drug-likeness (QED) is 0.210. The Morgan fingerprint density at radius 3 is 2.34 bits per heavy atom. The predicted molar refractivity (Wildman–Crippen MR) is 161 cm³/mol. The van der Waals surface area contributed by atoms with Crippen molar-refractivity contribution in [2.24, 2.45) is 0 Å². The minimum atomic E-state index is -0.159. The molecule has 5 aromatic rings. The number of fused-ring (bicyclic) bond motifs is 1. The molecule has 0 saturated carbocycles. The van der Waals surface area contributed by atoms with E-state index in [4.69, 9.17) is 19.4 Å². The monoisotopic (exact) mass is 550 g/mol. The zero-order chi connectivity index (χ0) is 28.8. The molecule has 2 N–H and O–H groups in total. The lowest BCUT2D eigenvalue weighted by Gasteiger charge is -2.14. The van der Waals surface area contributed by atoms with E-state index in [2.05, 4.69) is 15.7 Å². The second kappa shape index (κ2) is 12.5. The molecule has 0 aliphatic carbocycles. The van der Waals surface area contributed by atoms with Crippen molar-refractivity contribution in [2.45, 2.75) is 34.1 Å². The van der Waals surface area contributed by atoms with Gasteiger partial charge >= 0.3 is 0 Å². The number of carbonyl (C=O) groups excluding carboxylic acids is 1. The number of anilines is 2. The second-order valence-corrected chi connectivity index (χ2v) is 9.58. The van der Waals surface area contributed by atoms with Gasteiger partial charge in [-0.05, 0) is 88.2 Å². The molecule has 0 radical (unpaired) electrons. The minimum absolute atomic E-state index is 0.159. The van der Waals surface area contributed by atoms with Crippen LogP contribution in [-0.4, -0.2) is 45.4 Å². The van der Waals surface area contributed by atoms with Crippen LogP contribution in [0.25, 0.3) is 16.9 Å². The van der Waals surface area contributed by atoms with Crippen LogP contribution in [0.5, 0.6) is 11.5 Å². The first kappa shape index (κ1) is 27.6. The molecule has 1 amide bonds. The molecular weight excluding hydrogens is 516 g/mol. The van der Waals surface area contributed by atoms with Gasteiger partial charge in [0.2, 0.25) is 0 Å². The van der Waals surface area contributed by atoms with E-state index in [9.17, 15) is 4.79 Å². The summed E-state index contributed by atoms with van der Waals surface area (Å²) < 4.78 is 13.2. The molecule has 210 valence electrons. The Kier molecular flexibility index (Phi) is 8.43. The number of amides is 1. The van der Waals surface area contributed by atoms with Crippen molar-refractivity contribution in [3.8, 4) is 17.3 Å². The van der Waals surface area contributed by atoms with Crippen LogP contribution < -0.4 is 20.1 Å². The predicted octanol–water partition coefficient (Wildman–Crippen LogP) is 5.95. The van der Waals surface area contributed by atoms with E-state index in [1.165, 1.54) is 0 Å². The summed E-state index contributed by atoms with van der Waals surface area (Å²) in [6.45, 7) is 9.42. The van der Waals surface area contributed by atoms with Gasteiger partial charge in [0, 0.05) is 23.5 Å². The highest BCUT2D eigenvalue weighted by atomic mass is 16.5. The van der Waals surface area contributed by atoms with Crippen LogP contribution in [0, 0.1) is 13.8 Å². The second-order valence-electron chi connectivity index (χ2n) is 9.58. The first-order chi connectivity index (χ1) is 19.9. The zero-order valence-corrected chi connectivity index (χ0v) is 23.8. The molecule has 0 saturated heterocycles. The lowest BCUT2D eigenvalue weighted by atomic mass is 10.1. The Morgan fingerprint density at radius 2 is 1.61 bits per heavy atom. The van der Waals surface area contributed by atoms with Gasteiger partial charge < -0.3 is 20.1 Å². The van der Waals surface area contributed by atoms with Crippen LogP contribution in [0.1, 0.15) is 41.2 Å². The summed E-state index contributed by atoms with van der Waals surface area (Å²) in [5.74, 6) is 2.42. The number of nitrogens with one attached hydrogen (secondary N) is 2. The normalized spacial score (nSPS) is 10.9. The van der Waals surface area contributed by atoms with Gasteiger partial charge in [0.15, 0.2) is 23.1 Å². The molecule has 0 atom stereocenters. The van der Waals surface area contributed by atoms with Crippen LogP contribution in [-0.2, 0) is 6.42 Å². The number of para-hydroxylation sites is 2. The minimum Gasteiger partial charge on any atom is -0.490 e. The number of rotatable bonds is 11. The third-order valence-corrected chi connectivity index (χ3v) is 6.46. The highest BCUT2D eigenvalue weighted by Crippen LogP contribution is 2.29. The van der Waals surface area contributed by atoms with Crippen molar-refractivity contribution < 1.29 is 14.3 Å². The molecule has 0 aliphatic heterocycles. The van der Waals surface area contributed by atoms with E-state index >= 15 is 0 Å². The van der Waals surface area contributed by atoms with Gasteiger partial charge in [-0.15, -0.1) is 0 Å². The highest BCUT2D eigenvalue weighted by Gasteiger charge is 2.15. The molecular formula is C32H34N6O3. The van der Waals surface area contributed by atoms with Gasteiger partial charge in [-0.3, -0.25) is 4.79 Å². The summed E-state index contributed by atoms with van der Waals surface area (Å²) in [4.78, 5) is 22.7. The van der Waals surface area contributed by atoms with Gasteiger partial charge in [0.05, 0.1) is 29.9 Å². The number of ether oxygens (including phenoxy) is 2. The number of aromatic nitrogens is 4. The molecule has 0 aliphatic rings. The van der Waals surface area contributed by atoms with E-state index < -0.39 is 0 Å². The molecule has 2 aromatic heterocycles. The molecule has 0 bridgehead atoms. The number of carbonyl (C=O) groups is 1. The largest absolute Gasteiger partial charge is 0.490 e. The maximum Gasteiger partial charge on any atom is 0.251 e. The highest BCUT2D eigenvalue weighted by molar-refractivity contribution is 5.95. The smallest absolute Gasteiger partial charge is 0.251 e. The van der Waals surface area contributed by atoms with Crippen molar-refractivity contribution in [1.82, 2.24) is 25.1 Å². The average Bonchev–Trinajstić information content (AvgIpc) is 3.31. The standard InChI is InChI=1S/C32H34N6O3/c1-5-40-28-15-14-23(19-29(28)41-6-2)16-17-33-32(39)24-10-9-11-25(20-24)34-30-31(38-22(4)18-21(3)37-38)36-27-13-8-7-12-26(27)35-30/h7-15,18-20H,5-6,16-17H2,1-4H3,(H,33,39)(H,34,35). The Bertz CT molecular complexity index is 1680. The Morgan fingerprint density at radius 1 is 0.854 bits per heavy atom. The van der Waals surface area contributed by atoms with E-state index in [-0.39, 0.29) is 5.91 Å². The summed E-state index contributed by atoms with van der Waals surface area (Å²) in [6.07, 6.45) is 0.662. The summed E-state index contributed by atoms with van der Waals surface area (Å²) >= 11 is 0. The lowest BCUT2D eigenvalue weighted by Crippen LogP contribution is -2.25. The summed E-state index contributed by atoms with van der Waals surface area (Å²) in [6, 6.07) is 22.9. The number of hydrogen-bond donors (Lipinski definition) is 2. The molecule has 3 aromatic carbocycles. The Balaban J connectivity index is 1.31.